The number of aryl methyl sites for hydroxylation is 1. The lowest BCUT2D eigenvalue weighted by Crippen LogP contribution is -2.13. The molecule has 1 aromatic carbocycles. The minimum Gasteiger partial charge on any atom is -0.496 e. The van der Waals surface area contributed by atoms with Gasteiger partial charge in [-0.1, -0.05) is 6.92 Å². The average molecular weight is 298 g/mol. The molecule has 1 heterocycles. The largest absolute Gasteiger partial charge is 0.496 e. The molecule has 7 heteroatoms. The van der Waals surface area contributed by atoms with Gasteiger partial charge in [0, 0.05) is 11.6 Å². The normalized spacial score (nSPS) is 11.3. The third-order valence-corrected chi connectivity index (χ3v) is 4.75. The summed E-state index contributed by atoms with van der Waals surface area (Å²) in [5.41, 5.74) is 0.851. The van der Waals surface area contributed by atoms with Crippen LogP contribution in [0.2, 0.25) is 0 Å². The molecule has 0 saturated heterocycles. The Hall–Kier alpha value is -1.60. The Labute approximate surface area is 116 Å². The standard InChI is InChI=1S/C12H14N2O3S2/c1-3-9-8-10(4-5-11(9)17-2)19(15,16)14-12-13-6-7-18-12/h4-8H,3H2,1-2H3,(H,13,14). The molecule has 1 N–H and O–H groups in total. The second-order valence-corrected chi connectivity index (χ2v) is 6.35. The fourth-order valence-electron chi connectivity index (χ4n) is 1.65. The van der Waals surface area contributed by atoms with E-state index >= 15 is 0 Å². The monoisotopic (exact) mass is 298 g/mol. The topological polar surface area (TPSA) is 68.3 Å². The minimum absolute atomic E-state index is 0.209. The van der Waals surface area contributed by atoms with Gasteiger partial charge in [-0.15, -0.1) is 11.3 Å². The summed E-state index contributed by atoms with van der Waals surface area (Å²) in [7, 11) is -2.03. The van der Waals surface area contributed by atoms with Gasteiger partial charge < -0.3 is 4.74 Å². The Morgan fingerprint density at radius 2 is 2.21 bits per heavy atom. The lowest BCUT2D eigenvalue weighted by Gasteiger charge is -2.10. The predicted octanol–water partition coefficient (Wildman–Crippen LogP) is 2.51. The molecular formula is C12H14N2O3S2. The second-order valence-electron chi connectivity index (χ2n) is 3.77. The molecule has 19 heavy (non-hydrogen) atoms. The summed E-state index contributed by atoms with van der Waals surface area (Å²) in [5.74, 6) is 0.690. The van der Waals surface area contributed by atoms with Crippen LogP contribution in [-0.2, 0) is 16.4 Å². The highest BCUT2D eigenvalue weighted by Crippen LogP contribution is 2.24. The van der Waals surface area contributed by atoms with E-state index in [9.17, 15) is 8.42 Å². The molecule has 2 rings (SSSR count). The van der Waals surface area contributed by atoms with Gasteiger partial charge in [-0.2, -0.15) is 0 Å². The molecule has 0 radical (unpaired) electrons. The van der Waals surface area contributed by atoms with E-state index in [1.165, 1.54) is 17.4 Å². The fourth-order valence-corrected chi connectivity index (χ4v) is 3.49. The van der Waals surface area contributed by atoms with E-state index in [2.05, 4.69) is 9.71 Å². The summed E-state index contributed by atoms with van der Waals surface area (Å²) >= 11 is 1.24. The van der Waals surface area contributed by atoms with Gasteiger partial charge in [0.25, 0.3) is 10.0 Å². The molecule has 0 fully saturated rings. The summed E-state index contributed by atoms with van der Waals surface area (Å²) in [5, 5.41) is 2.07. The van der Waals surface area contributed by atoms with Crippen molar-refractivity contribution < 1.29 is 13.2 Å². The van der Waals surface area contributed by atoms with Crippen LogP contribution in [0.3, 0.4) is 0 Å². The smallest absolute Gasteiger partial charge is 0.263 e. The lowest BCUT2D eigenvalue weighted by molar-refractivity contribution is 0.409. The van der Waals surface area contributed by atoms with Crippen LogP contribution in [-0.4, -0.2) is 20.5 Å². The van der Waals surface area contributed by atoms with Crippen LogP contribution in [0.25, 0.3) is 0 Å². The maximum Gasteiger partial charge on any atom is 0.263 e. The quantitative estimate of drug-likeness (QED) is 0.921. The molecule has 0 amide bonds. The zero-order valence-corrected chi connectivity index (χ0v) is 12.2. The molecule has 0 aliphatic heterocycles. The van der Waals surface area contributed by atoms with E-state index in [1.807, 2.05) is 6.92 Å². The van der Waals surface area contributed by atoms with Gasteiger partial charge in [0.2, 0.25) is 0 Å². The molecular weight excluding hydrogens is 284 g/mol. The van der Waals surface area contributed by atoms with Crippen molar-refractivity contribution in [3.8, 4) is 5.75 Å². The van der Waals surface area contributed by atoms with E-state index in [0.29, 0.717) is 17.3 Å². The SMILES string of the molecule is CCc1cc(S(=O)(=O)Nc2nccs2)ccc1OC. The highest BCUT2D eigenvalue weighted by Gasteiger charge is 2.17. The fraction of sp³-hybridized carbons (Fsp3) is 0.250. The highest BCUT2D eigenvalue weighted by molar-refractivity contribution is 7.93. The number of hydrogen-bond acceptors (Lipinski definition) is 5. The maximum atomic E-state index is 12.2. The number of benzene rings is 1. The van der Waals surface area contributed by atoms with E-state index < -0.39 is 10.0 Å². The number of rotatable bonds is 5. The number of thiazole rings is 1. The molecule has 5 nitrogen and oxygen atoms in total. The Kier molecular flexibility index (Phi) is 4.06. The van der Waals surface area contributed by atoms with Crippen LogP contribution in [0.15, 0.2) is 34.7 Å². The van der Waals surface area contributed by atoms with Crippen molar-refractivity contribution in [3.05, 3.63) is 35.3 Å². The number of methoxy groups -OCH3 is 1. The number of hydrogen-bond donors (Lipinski definition) is 1. The van der Waals surface area contributed by atoms with Crippen LogP contribution in [0.1, 0.15) is 12.5 Å². The number of nitrogens with zero attached hydrogens (tertiary/aromatic N) is 1. The van der Waals surface area contributed by atoms with Gasteiger partial charge in [-0.05, 0) is 30.2 Å². The van der Waals surface area contributed by atoms with Crippen LogP contribution in [0.4, 0.5) is 5.13 Å². The number of aromatic nitrogens is 1. The Bertz CT molecular complexity index is 652. The molecule has 0 bridgehead atoms. The summed E-state index contributed by atoms with van der Waals surface area (Å²) in [6.45, 7) is 1.95. The third-order valence-electron chi connectivity index (χ3n) is 2.60. The lowest BCUT2D eigenvalue weighted by atomic mass is 10.1. The molecule has 0 aliphatic rings. The van der Waals surface area contributed by atoms with Crippen LogP contribution < -0.4 is 9.46 Å². The first-order chi connectivity index (χ1) is 9.06. The van der Waals surface area contributed by atoms with Crippen molar-refractivity contribution in [1.82, 2.24) is 4.98 Å². The van der Waals surface area contributed by atoms with E-state index in [1.54, 1.807) is 30.8 Å². The van der Waals surface area contributed by atoms with Crippen LogP contribution >= 0.6 is 11.3 Å². The maximum absolute atomic E-state index is 12.2. The average Bonchev–Trinajstić information content (AvgIpc) is 2.89. The Balaban J connectivity index is 2.35. The summed E-state index contributed by atoms with van der Waals surface area (Å²) in [6.07, 6.45) is 2.25. The highest BCUT2D eigenvalue weighted by atomic mass is 32.2. The van der Waals surface area contributed by atoms with Gasteiger partial charge in [-0.3, -0.25) is 4.72 Å². The molecule has 0 unspecified atom stereocenters. The van der Waals surface area contributed by atoms with Gasteiger partial charge >= 0.3 is 0 Å². The van der Waals surface area contributed by atoms with Gasteiger partial charge in [0.15, 0.2) is 5.13 Å². The third kappa shape index (κ3) is 3.05. The first-order valence-corrected chi connectivity index (χ1v) is 8.02. The van der Waals surface area contributed by atoms with E-state index in [-0.39, 0.29) is 4.90 Å². The van der Waals surface area contributed by atoms with Gasteiger partial charge in [0.1, 0.15) is 5.75 Å². The van der Waals surface area contributed by atoms with Crippen molar-refractivity contribution in [3.63, 3.8) is 0 Å². The molecule has 0 aliphatic carbocycles. The van der Waals surface area contributed by atoms with Crippen molar-refractivity contribution in [2.24, 2.45) is 0 Å². The summed E-state index contributed by atoms with van der Waals surface area (Å²) < 4.78 is 32.0. The first-order valence-electron chi connectivity index (χ1n) is 5.66. The zero-order valence-electron chi connectivity index (χ0n) is 10.6. The molecule has 102 valence electrons. The van der Waals surface area contributed by atoms with Crippen LogP contribution in [0, 0.1) is 0 Å². The number of nitrogens with one attached hydrogen (secondary N) is 1. The van der Waals surface area contributed by atoms with Crippen molar-refractivity contribution >= 4 is 26.5 Å². The molecule has 0 saturated carbocycles. The second kappa shape index (κ2) is 5.58. The number of anilines is 1. The van der Waals surface area contributed by atoms with Gasteiger partial charge in [-0.25, -0.2) is 13.4 Å². The number of ether oxygens (including phenoxy) is 1. The summed E-state index contributed by atoms with van der Waals surface area (Å²) in [4.78, 5) is 4.12. The Morgan fingerprint density at radius 1 is 1.42 bits per heavy atom. The van der Waals surface area contributed by atoms with Crippen molar-refractivity contribution in [2.75, 3.05) is 11.8 Å². The molecule has 0 spiro atoms. The Morgan fingerprint density at radius 3 is 2.79 bits per heavy atom. The minimum atomic E-state index is -3.60. The number of sulfonamides is 1. The van der Waals surface area contributed by atoms with Crippen molar-refractivity contribution in [1.29, 1.82) is 0 Å². The van der Waals surface area contributed by atoms with E-state index in [0.717, 1.165) is 5.56 Å². The zero-order chi connectivity index (χ0) is 13.9. The first kappa shape index (κ1) is 13.8. The summed E-state index contributed by atoms with van der Waals surface area (Å²) in [6, 6.07) is 4.80. The predicted molar refractivity (Wildman–Crippen MR) is 75.3 cm³/mol. The molecule has 1 aromatic heterocycles. The van der Waals surface area contributed by atoms with Gasteiger partial charge in [0.05, 0.1) is 12.0 Å². The molecule has 2 aromatic rings. The molecule has 0 atom stereocenters. The van der Waals surface area contributed by atoms with Crippen LogP contribution in [0.5, 0.6) is 5.75 Å². The van der Waals surface area contributed by atoms with Crippen molar-refractivity contribution in [2.45, 2.75) is 18.2 Å². The van der Waals surface area contributed by atoms with E-state index in [4.69, 9.17) is 4.74 Å².